The Morgan fingerprint density at radius 3 is 2.50 bits per heavy atom. The Balaban J connectivity index is 1.32. The van der Waals surface area contributed by atoms with Crippen LogP contribution in [0.1, 0.15) is 28.8 Å². The highest BCUT2D eigenvalue weighted by atomic mass is 19.1. The second-order valence-electron chi connectivity index (χ2n) is 8.67. The number of benzene rings is 1. The Hall–Kier alpha value is -3.39. The fourth-order valence-electron chi connectivity index (χ4n) is 4.69. The fraction of sp³-hybridized carbons (Fsp3) is 0.333. The number of anilines is 2. The highest BCUT2D eigenvalue weighted by molar-refractivity contribution is 5.96. The van der Waals surface area contributed by atoms with E-state index in [9.17, 15) is 9.18 Å². The number of rotatable bonds is 3. The molecule has 1 saturated carbocycles. The molecule has 0 atom stereocenters. The lowest BCUT2D eigenvalue weighted by Crippen LogP contribution is -2.40. The third-order valence-electron chi connectivity index (χ3n) is 6.64. The van der Waals surface area contributed by atoms with E-state index in [0.29, 0.717) is 48.9 Å². The van der Waals surface area contributed by atoms with Gasteiger partial charge in [-0.05, 0) is 36.6 Å². The first kappa shape index (κ1) is 19.3. The molecule has 0 N–H and O–H groups in total. The van der Waals surface area contributed by atoms with E-state index >= 15 is 0 Å². The van der Waals surface area contributed by atoms with Crippen molar-refractivity contribution in [1.82, 2.24) is 19.9 Å². The Kier molecular flexibility index (Phi) is 4.43. The molecule has 1 spiro atoms. The summed E-state index contributed by atoms with van der Waals surface area (Å²) in [5.74, 6) is 0.218. The molecule has 32 heavy (non-hydrogen) atoms. The molecular weight excluding hydrogens is 409 g/mol. The van der Waals surface area contributed by atoms with Gasteiger partial charge in [-0.3, -0.25) is 9.78 Å². The minimum atomic E-state index is -0.395. The third-order valence-corrected chi connectivity index (χ3v) is 6.64. The summed E-state index contributed by atoms with van der Waals surface area (Å²) in [6.45, 7) is 3.18. The molecule has 2 aromatic heterocycles. The van der Waals surface area contributed by atoms with Crippen LogP contribution in [0, 0.1) is 5.82 Å². The van der Waals surface area contributed by atoms with Crippen molar-refractivity contribution < 1.29 is 13.9 Å². The SMILES string of the molecule is O=C(c1ccc2c(c1)N(c1ncc(-c3cncc(F)c3)cn1)CC21CC1)N1CCOCC1. The van der Waals surface area contributed by atoms with Crippen LogP contribution < -0.4 is 4.90 Å². The van der Waals surface area contributed by atoms with Crippen molar-refractivity contribution in [3.05, 3.63) is 66.0 Å². The van der Waals surface area contributed by atoms with Gasteiger partial charge in [-0.1, -0.05) is 6.07 Å². The van der Waals surface area contributed by atoms with Crippen LogP contribution in [-0.4, -0.2) is 58.6 Å². The first-order valence-corrected chi connectivity index (χ1v) is 10.9. The maximum atomic E-state index is 13.5. The maximum absolute atomic E-state index is 13.5. The second-order valence-corrected chi connectivity index (χ2v) is 8.67. The molecule has 2 aliphatic heterocycles. The smallest absolute Gasteiger partial charge is 0.254 e. The molecule has 7 nitrogen and oxygen atoms in total. The van der Waals surface area contributed by atoms with Gasteiger partial charge in [-0.25, -0.2) is 14.4 Å². The number of hydrogen-bond acceptors (Lipinski definition) is 6. The first-order chi connectivity index (χ1) is 15.6. The molecule has 1 saturated heterocycles. The minimum Gasteiger partial charge on any atom is -0.378 e. The number of fused-ring (bicyclic) bond motifs is 2. The number of halogens is 1. The predicted molar refractivity (Wildman–Crippen MR) is 116 cm³/mol. The van der Waals surface area contributed by atoms with Gasteiger partial charge in [0.05, 0.1) is 19.4 Å². The molecule has 1 amide bonds. The quantitative estimate of drug-likeness (QED) is 0.634. The third kappa shape index (κ3) is 3.22. The lowest BCUT2D eigenvalue weighted by molar-refractivity contribution is 0.0303. The van der Waals surface area contributed by atoms with Gasteiger partial charge in [0.25, 0.3) is 5.91 Å². The van der Waals surface area contributed by atoms with Crippen LogP contribution in [0.5, 0.6) is 0 Å². The van der Waals surface area contributed by atoms with Gasteiger partial charge in [-0.2, -0.15) is 0 Å². The zero-order valence-corrected chi connectivity index (χ0v) is 17.5. The lowest BCUT2D eigenvalue weighted by Gasteiger charge is -2.27. The number of pyridine rings is 1. The summed E-state index contributed by atoms with van der Waals surface area (Å²) in [6, 6.07) is 7.44. The summed E-state index contributed by atoms with van der Waals surface area (Å²) in [7, 11) is 0. The molecule has 0 bridgehead atoms. The van der Waals surface area contributed by atoms with E-state index in [2.05, 4.69) is 25.9 Å². The molecule has 3 aromatic rings. The van der Waals surface area contributed by atoms with Gasteiger partial charge in [-0.15, -0.1) is 0 Å². The standard InChI is InChI=1S/C24H22FN5O2/c25-19-9-17(11-26-14-19)18-12-27-23(28-13-18)30-15-24(3-4-24)20-2-1-16(10-21(20)30)22(31)29-5-7-32-8-6-29/h1-2,9-14H,3-8,15H2. The van der Waals surface area contributed by atoms with E-state index in [1.165, 1.54) is 17.8 Å². The topological polar surface area (TPSA) is 71.5 Å². The number of aromatic nitrogens is 3. The summed E-state index contributed by atoms with van der Waals surface area (Å²) in [4.78, 5) is 30.0. The van der Waals surface area contributed by atoms with Gasteiger partial charge >= 0.3 is 0 Å². The van der Waals surface area contributed by atoms with Crippen molar-refractivity contribution >= 4 is 17.5 Å². The Morgan fingerprint density at radius 2 is 1.78 bits per heavy atom. The maximum Gasteiger partial charge on any atom is 0.254 e. The molecule has 1 aliphatic carbocycles. The van der Waals surface area contributed by atoms with Crippen molar-refractivity contribution in [1.29, 1.82) is 0 Å². The van der Waals surface area contributed by atoms with Crippen molar-refractivity contribution in [2.24, 2.45) is 0 Å². The minimum absolute atomic E-state index is 0.0302. The van der Waals surface area contributed by atoms with Crippen LogP contribution in [-0.2, 0) is 10.2 Å². The summed E-state index contributed by atoms with van der Waals surface area (Å²) >= 11 is 0. The van der Waals surface area contributed by atoms with Gasteiger partial charge in [0, 0.05) is 66.0 Å². The molecule has 4 heterocycles. The summed E-state index contributed by atoms with van der Waals surface area (Å²) < 4.78 is 18.9. The van der Waals surface area contributed by atoms with Crippen molar-refractivity contribution in [2.75, 3.05) is 37.7 Å². The Bertz CT molecular complexity index is 1190. The molecule has 162 valence electrons. The zero-order valence-electron chi connectivity index (χ0n) is 17.5. The highest BCUT2D eigenvalue weighted by Gasteiger charge is 2.52. The van der Waals surface area contributed by atoms with Crippen molar-refractivity contribution in [3.63, 3.8) is 0 Å². The van der Waals surface area contributed by atoms with Crippen molar-refractivity contribution in [3.8, 4) is 11.1 Å². The molecule has 6 rings (SSSR count). The van der Waals surface area contributed by atoms with Crippen LogP contribution in [0.15, 0.2) is 49.1 Å². The van der Waals surface area contributed by atoms with Crippen LogP contribution in [0.25, 0.3) is 11.1 Å². The number of hydrogen-bond donors (Lipinski definition) is 0. The molecule has 2 fully saturated rings. The summed E-state index contributed by atoms with van der Waals surface area (Å²) in [6.07, 6.45) is 8.40. The van der Waals surface area contributed by atoms with Gasteiger partial charge in [0.2, 0.25) is 5.95 Å². The monoisotopic (exact) mass is 431 g/mol. The summed E-state index contributed by atoms with van der Waals surface area (Å²) in [5, 5.41) is 0. The number of morpholine rings is 1. The number of nitrogens with zero attached hydrogens (tertiary/aromatic N) is 5. The largest absolute Gasteiger partial charge is 0.378 e. The van der Waals surface area contributed by atoms with E-state index in [1.54, 1.807) is 18.6 Å². The average Bonchev–Trinajstić information content (AvgIpc) is 3.55. The van der Waals surface area contributed by atoms with E-state index in [-0.39, 0.29) is 11.3 Å². The van der Waals surface area contributed by atoms with E-state index in [0.717, 1.165) is 25.1 Å². The molecular formula is C24H22FN5O2. The zero-order chi connectivity index (χ0) is 21.7. The van der Waals surface area contributed by atoms with E-state index < -0.39 is 5.82 Å². The molecule has 0 unspecified atom stereocenters. The van der Waals surface area contributed by atoms with Gasteiger partial charge < -0.3 is 14.5 Å². The Labute approximate surface area is 184 Å². The van der Waals surface area contributed by atoms with Crippen LogP contribution in [0.2, 0.25) is 0 Å². The fourth-order valence-corrected chi connectivity index (χ4v) is 4.69. The van der Waals surface area contributed by atoms with Gasteiger partial charge in [0.1, 0.15) is 5.82 Å². The van der Waals surface area contributed by atoms with E-state index in [4.69, 9.17) is 4.74 Å². The number of carbonyl (C=O) groups is 1. The number of ether oxygens (including phenoxy) is 1. The normalized spacial score (nSPS) is 18.7. The average molecular weight is 431 g/mol. The first-order valence-electron chi connectivity index (χ1n) is 10.9. The van der Waals surface area contributed by atoms with Gasteiger partial charge in [0.15, 0.2) is 0 Å². The molecule has 1 aromatic carbocycles. The second kappa shape index (κ2) is 7.34. The van der Waals surface area contributed by atoms with E-state index in [1.807, 2.05) is 17.0 Å². The lowest BCUT2D eigenvalue weighted by atomic mass is 9.97. The molecule has 3 aliphatic rings. The van der Waals surface area contributed by atoms with Crippen LogP contribution in [0.3, 0.4) is 0 Å². The van der Waals surface area contributed by atoms with Crippen molar-refractivity contribution in [2.45, 2.75) is 18.3 Å². The highest BCUT2D eigenvalue weighted by Crippen LogP contribution is 2.57. The molecule has 0 radical (unpaired) electrons. The molecule has 8 heteroatoms. The van der Waals surface area contributed by atoms with Crippen LogP contribution >= 0.6 is 0 Å². The predicted octanol–water partition coefficient (Wildman–Crippen LogP) is 3.33. The summed E-state index contributed by atoms with van der Waals surface area (Å²) in [5.41, 5.74) is 4.41. The Morgan fingerprint density at radius 1 is 1.00 bits per heavy atom. The number of carbonyl (C=O) groups excluding carboxylic acids is 1. The van der Waals surface area contributed by atoms with Crippen LogP contribution in [0.4, 0.5) is 16.0 Å². The number of amides is 1.